The monoisotopic (exact) mass is 301 g/mol. The molecule has 0 aromatic heterocycles. The predicted octanol–water partition coefficient (Wildman–Crippen LogP) is -1.80. The molecule has 3 heteroatoms. The maximum absolute atomic E-state index is 5.74. The van der Waals surface area contributed by atoms with E-state index < -0.39 is 0 Å². The van der Waals surface area contributed by atoms with Crippen molar-refractivity contribution in [3.63, 3.8) is 0 Å². The van der Waals surface area contributed by atoms with Gasteiger partial charge in [0.2, 0.25) is 0 Å². The Kier molecular flexibility index (Phi) is 3.55. The average molecular weight is 301 g/mol. The molecule has 0 saturated carbocycles. The summed E-state index contributed by atoms with van der Waals surface area (Å²) >= 11 is 0.0132. The SMILES string of the molecule is NC1CN([I-]C2=C/C=C\C=C/C=C\2)C1. The van der Waals surface area contributed by atoms with Crippen LogP contribution in [0.5, 0.6) is 0 Å². The van der Waals surface area contributed by atoms with Crippen molar-refractivity contribution in [2.24, 2.45) is 5.73 Å². The van der Waals surface area contributed by atoms with Crippen molar-refractivity contribution in [2.75, 3.05) is 13.1 Å². The fraction of sp³-hybridized carbons (Fsp3) is 0.273. The molecule has 1 saturated heterocycles. The number of hydrogen-bond donors (Lipinski definition) is 1. The second-order valence-electron chi connectivity index (χ2n) is 3.35. The quantitative estimate of drug-likeness (QED) is 0.482. The van der Waals surface area contributed by atoms with Gasteiger partial charge in [-0.2, -0.15) is 0 Å². The van der Waals surface area contributed by atoms with Crippen molar-refractivity contribution in [3.8, 4) is 0 Å². The summed E-state index contributed by atoms with van der Waals surface area (Å²) < 4.78 is 3.93. The third kappa shape index (κ3) is 2.80. The Morgan fingerprint density at radius 1 is 1.14 bits per heavy atom. The minimum atomic E-state index is 0.0132. The number of allylic oxidation sites excluding steroid dienone is 8. The second-order valence-corrected chi connectivity index (χ2v) is 6.45. The maximum atomic E-state index is 5.74. The number of nitrogens with zero attached hydrogens (tertiary/aromatic N) is 1. The van der Waals surface area contributed by atoms with Gasteiger partial charge in [0.15, 0.2) is 0 Å². The molecule has 2 nitrogen and oxygen atoms in total. The van der Waals surface area contributed by atoms with Crippen LogP contribution in [0.2, 0.25) is 0 Å². The molecule has 1 aliphatic heterocycles. The van der Waals surface area contributed by atoms with Crippen molar-refractivity contribution < 1.29 is 21.5 Å². The van der Waals surface area contributed by atoms with Crippen LogP contribution in [-0.4, -0.2) is 22.2 Å². The molecular formula is C11H14IN2-. The van der Waals surface area contributed by atoms with E-state index in [1.54, 1.807) is 0 Å². The number of hydrogen-bond acceptors (Lipinski definition) is 2. The number of halogens is 1. The van der Waals surface area contributed by atoms with Crippen molar-refractivity contribution in [2.45, 2.75) is 6.04 Å². The Hall–Kier alpha value is -0.390. The standard InChI is InChI=1S/C11H14IN2/c13-11-8-14(9-11)12-10-6-4-2-1-3-5-7-10/h1-7,11H,8-9,13H2/q-1/b2-1-,3-1?,4-2?,5-3-,6-4-,7-5?,10-6?,10-7+. The average Bonchev–Trinajstić information content (AvgIpc) is 2.06. The Morgan fingerprint density at radius 2 is 1.86 bits per heavy atom. The summed E-state index contributed by atoms with van der Waals surface area (Å²) in [6, 6.07) is 0.420. The summed E-state index contributed by atoms with van der Waals surface area (Å²) in [5, 5.41) is 0. The summed E-state index contributed by atoms with van der Waals surface area (Å²) in [5.41, 5.74) is 5.74. The molecular weight excluding hydrogens is 287 g/mol. The summed E-state index contributed by atoms with van der Waals surface area (Å²) in [6.45, 7) is 2.16. The van der Waals surface area contributed by atoms with Gasteiger partial charge in [0.05, 0.1) is 0 Å². The van der Waals surface area contributed by atoms with E-state index in [2.05, 4.69) is 39.6 Å². The van der Waals surface area contributed by atoms with Gasteiger partial charge in [-0.25, -0.2) is 0 Å². The number of nitrogens with two attached hydrogens (primary N) is 1. The molecule has 1 aliphatic carbocycles. The van der Waals surface area contributed by atoms with Gasteiger partial charge >= 0.3 is 95.6 Å². The van der Waals surface area contributed by atoms with Crippen molar-refractivity contribution >= 4 is 0 Å². The molecule has 2 rings (SSSR count). The van der Waals surface area contributed by atoms with E-state index in [0.29, 0.717) is 6.04 Å². The molecule has 0 atom stereocenters. The van der Waals surface area contributed by atoms with E-state index in [4.69, 9.17) is 5.73 Å². The topological polar surface area (TPSA) is 29.3 Å². The van der Waals surface area contributed by atoms with E-state index in [1.165, 1.54) is 3.58 Å². The van der Waals surface area contributed by atoms with E-state index in [9.17, 15) is 0 Å². The Labute approximate surface area is 95.5 Å². The molecule has 1 fully saturated rings. The van der Waals surface area contributed by atoms with Gasteiger partial charge in [0, 0.05) is 0 Å². The number of rotatable bonds is 2. The first-order chi connectivity index (χ1) is 6.84. The van der Waals surface area contributed by atoms with Gasteiger partial charge in [-0.15, -0.1) is 0 Å². The third-order valence-electron chi connectivity index (χ3n) is 2.04. The van der Waals surface area contributed by atoms with Crippen LogP contribution < -0.4 is 27.2 Å². The van der Waals surface area contributed by atoms with Crippen LogP contribution in [0.3, 0.4) is 0 Å². The fourth-order valence-corrected chi connectivity index (χ4v) is 4.19. The van der Waals surface area contributed by atoms with Crippen molar-refractivity contribution in [1.82, 2.24) is 3.11 Å². The molecule has 0 amide bonds. The molecule has 0 unspecified atom stereocenters. The molecule has 0 bridgehead atoms. The van der Waals surface area contributed by atoms with Crippen LogP contribution in [-0.2, 0) is 0 Å². The van der Waals surface area contributed by atoms with Gasteiger partial charge in [-0.1, -0.05) is 0 Å². The van der Waals surface area contributed by atoms with Crippen LogP contribution >= 0.6 is 0 Å². The molecule has 0 radical (unpaired) electrons. The molecule has 0 spiro atoms. The molecule has 76 valence electrons. The molecule has 2 N–H and O–H groups in total. The van der Waals surface area contributed by atoms with Crippen LogP contribution in [0.1, 0.15) is 0 Å². The van der Waals surface area contributed by atoms with Crippen LogP contribution in [0.25, 0.3) is 0 Å². The van der Waals surface area contributed by atoms with E-state index >= 15 is 0 Å². The molecule has 14 heavy (non-hydrogen) atoms. The normalized spacial score (nSPS) is 33.6. The van der Waals surface area contributed by atoms with Crippen LogP contribution in [0.15, 0.2) is 46.1 Å². The molecule has 2 aliphatic rings. The van der Waals surface area contributed by atoms with E-state index in [0.717, 1.165) is 13.1 Å². The summed E-state index contributed by atoms with van der Waals surface area (Å²) in [6.07, 6.45) is 14.8. The van der Waals surface area contributed by atoms with E-state index in [1.807, 2.05) is 6.08 Å². The first kappa shape index (κ1) is 10.1. The Balaban J connectivity index is 1.90. The van der Waals surface area contributed by atoms with Gasteiger partial charge in [0.1, 0.15) is 0 Å². The Bertz CT molecular complexity index is 309. The Morgan fingerprint density at radius 3 is 2.64 bits per heavy atom. The third-order valence-corrected chi connectivity index (χ3v) is 4.78. The summed E-state index contributed by atoms with van der Waals surface area (Å²) in [5.74, 6) is 0. The second kappa shape index (κ2) is 4.91. The summed E-state index contributed by atoms with van der Waals surface area (Å²) in [7, 11) is 0. The fourth-order valence-electron chi connectivity index (χ4n) is 1.26. The van der Waals surface area contributed by atoms with Crippen LogP contribution in [0, 0.1) is 0 Å². The zero-order valence-corrected chi connectivity index (χ0v) is 10.1. The first-order valence-electron chi connectivity index (χ1n) is 4.72. The zero-order valence-electron chi connectivity index (χ0n) is 7.94. The van der Waals surface area contributed by atoms with Gasteiger partial charge < -0.3 is 0 Å². The zero-order chi connectivity index (χ0) is 9.80. The molecule has 0 aromatic rings. The van der Waals surface area contributed by atoms with E-state index in [-0.39, 0.29) is 21.5 Å². The van der Waals surface area contributed by atoms with Gasteiger partial charge in [0.25, 0.3) is 0 Å². The molecule has 0 aromatic carbocycles. The summed E-state index contributed by atoms with van der Waals surface area (Å²) in [4.78, 5) is 0. The minimum absolute atomic E-state index is 0.0132. The molecule has 1 heterocycles. The van der Waals surface area contributed by atoms with Crippen LogP contribution in [0.4, 0.5) is 0 Å². The van der Waals surface area contributed by atoms with Gasteiger partial charge in [-0.05, 0) is 0 Å². The van der Waals surface area contributed by atoms with Crippen molar-refractivity contribution in [3.05, 3.63) is 46.1 Å². The first-order valence-corrected chi connectivity index (χ1v) is 6.76. The predicted molar refractivity (Wildman–Crippen MR) is 55.1 cm³/mol. The van der Waals surface area contributed by atoms with Crippen molar-refractivity contribution in [1.29, 1.82) is 0 Å². The van der Waals surface area contributed by atoms with Gasteiger partial charge in [-0.3, -0.25) is 0 Å².